The van der Waals surface area contributed by atoms with Crippen molar-refractivity contribution in [2.45, 2.75) is 0 Å². The SMILES string of the molecule is C=Cc1nn(C)c2cc(Br)ccc12. The zero-order valence-corrected chi connectivity index (χ0v) is 8.87. The van der Waals surface area contributed by atoms with Gasteiger partial charge in [0.2, 0.25) is 0 Å². The quantitative estimate of drug-likeness (QED) is 0.745. The van der Waals surface area contributed by atoms with E-state index in [1.165, 1.54) is 0 Å². The number of aromatic nitrogens is 2. The van der Waals surface area contributed by atoms with Crippen LogP contribution in [0.5, 0.6) is 0 Å². The van der Waals surface area contributed by atoms with Crippen molar-refractivity contribution < 1.29 is 0 Å². The number of aryl methyl sites for hydroxylation is 1. The molecule has 0 spiro atoms. The Kier molecular flexibility index (Phi) is 1.96. The Hall–Kier alpha value is -1.09. The minimum absolute atomic E-state index is 0.935. The molecule has 0 fully saturated rings. The van der Waals surface area contributed by atoms with Crippen LogP contribution in [0.4, 0.5) is 0 Å². The van der Waals surface area contributed by atoms with Gasteiger partial charge in [-0.15, -0.1) is 0 Å². The lowest BCUT2D eigenvalue weighted by Gasteiger charge is -1.93. The predicted octanol–water partition coefficient (Wildman–Crippen LogP) is 2.98. The fourth-order valence-electron chi connectivity index (χ4n) is 1.41. The first-order valence-electron chi connectivity index (χ1n) is 3.97. The third kappa shape index (κ3) is 1.29. The number of halogens is 1. The number of fused-ring (bicyclic) bond motifs is 1. The Morgan fingerprint density at radius 1 is 1.54 bits per heavy atom. The summed E-state index contributed by atoms with van der Waals surface area (Å²) >= 11 is 3.43. The van der Waals surface area contributed by atoms with E-state index in [-0.39, 0.29) is 0 Å². The number of benzene rings is 1. The Bertz CT molecular complexity index is 471. The first-order chi connectivity index (χ1) is 6.22. The van der Waals surface area contributed by atoms with E-state index in [2.05, 4.69) is 33.7 Å². The van der Waals surface area contributed by atoms with Gasteiger partial charge in [0.05, 0.1) is 11.2 Å². The lowest BCUT2D eigenvalue weighted by atomic mass is 10.2. The summed E-state index contributed by atoms with van der Waals surface area (Å²) in [5, 5.41) is 5.47. The van der Waals surface area contributed by atoms with E-state index >= 15 is 0 Å². The molecule has 0 aliphatic carbocycles. The maximum Gasteiger partial charge on any atom is 0.0923 e. The Balaban J connectivity index is 2.88. The summed E-state index contributed by atoms with van der Waals surface area (Å²) in [5.74, 6) is 0. The largest absolute Gasteiger partial charge is 0.267 e. The van der Waals surface area contributed by atoms with E-state index in [1.807, 2.05) is 23.9 Å². The Morgan fingerprint density at radius 3 is 3.00 bits per heavy atom. The molecular weight excluding hydrogens is 228 g/mol. The van der Waals surface area contributed by atoms with E-state index in [1.54, 1.807) is 6.08 Å². The second-order valence-corrected chi connectivity index (χ2v) is 3.79. The molecule has 2 aromatic rings. The van der Waals surface area contributed by atoms with Gasteiger partial charge in [0, 0.05) is 16.9 Å². The molecule has 0 bridgehead atoms. The molecule has 0 radical (unpaired) electrons. The zero-order valence-electron chi connectivity index (χ0n) is 7.29. The summed E-state index contributed by atoms with van der Waals surface area (Å²) in [5.41, 5.74) is 2.05. The lowest BCUT2D eigenvalue weighted by molar-refractivity contribution is 0.793. The molecule has 0 aliphatic rings. The van der Waals surface area contributed by atoms with Gasteiger partial charge in [0.15, 0.2) is 0 Å². The average Bonchev–Trinajstić information content (AvgIpc) is 2.43. The van der Waals surface area contributed by atoms with Gasteiger partial charge in [-0.05, 0) is 24.3 Å². The second-order valence-electron chi connectivity index (χ2n) is 2.87. The van der Waals surface area contributed by atoms with Crippen LogP contribution in [0.25, 0.3) is 17.0 Å². The summed E-state index contributed by atoms with van der Waals surface area (Å²) in [6.45, 7) is 3.73. The molecule has 66 valence electrons. The van der Waals surface area contributed by atoms with Crippen LogP contribution in [0.3, 0.4) is 0 Å². The number of hydrogen-bond acceptors (Lipinski definition) is 1. The van der Waals surface area contributed by atoms with Gasteiger partial charge in [-0.25, -0.2) is 0 Å². The van der Waals surface area contributed by atoms with E-state index < -0.39 is 0 Å². The minimum Gasteiger partial charge on any atom is -0.267 e. The Morgan fingerprint density at radius 2 is 2.31 bits per heavy atom. The van der Waals surface area contributed by atoms with Crippen LogP contribution in [0.15, 0.2) is 29.3 Å². The molecule has 0 amide bonds. The second kappa shape index (κ2) is 3.00. The van der Waals surface area contributed by atoms with Gasteiger partial charge in [-0.2, -0.15) is 5.10 Å². The van der Waals surface area contributed by atoms with Gasteiger partial charge >= 0.3 is 0 Å². The predicted molar refractivity (Wildman–Crippen MR) is 58.5 cm³/mol. The molecule has 0 aliphatic heterocycles. The van der Waals surface area contributed by atoms with E-state index in [0.29, 0.717) is 0 Å². The maximum atomic E-state index is 4.33. The normalized spacial score (nSPS) is 10.6. The average molecular weight is 237 g/mol. The van der Waals surface area contributed by atoms with Gasteiger partial charge in [-0.1, -0.05) is 22.5 Å². The van der Waals surface area contributed by atoms with Crippen molar-refractivity contribution in [3.8, 4) is 0 Å². The van der Waals surface area contributed by atoms with Gasteiger partial charge in [-0.3, -0.25) is 4.68 Å². The molecule has 13 heavy (non-hydrogen) atoms. The van der Waals surface area contributed by atoms with Crippen molar-refractivity contribution in [1.82, 2.24) is 9.78 Å². The van der Waals surface area contributed by atoms with Gasteiger partial charge in [0.25, 0.3) is 0 Å². The molecule has 1 heterocycles. The summed E-state index contributed by atoms with van der Waals surface area (Å²) in [7, 11) is 1.93. The molecule has 2 nitrogen and oxygen atoms in total. The third-order valence-electron chi connectivity index (χ3n) is 2.04. The zero-order chi connectivity index (χ0) is 9.42. The van der Waals surface area contributed by atoms with Crippen LogP contribution in [-0.4, -0.2) is 9.78 Å². The molecule has 0 saturated carbocycles. The van der Waals surface area contributed by atoms with Crippen LogP contribution in [0.1, 0.15) is 5.69 Å². The van der Waals surface area contributed by atoms with Crippen LogP contribution < -0.4 is 0 Å². The molecule has 0 saturated heterocycles. The van der Waals surface area contributed by atoms with E-state index in [9.17, 15) is 0 Å². The number of rotatable bonds is 1. The topological polar surface area (TPSA) is 17.8 Å². The summed E-state index contributed by atoms with van der Waals surface area (Å²) in [6.07, 6.45) is 1.77. The fourth-order valence-corrected chi connectivity index (χ4v) is 1.76. The third-order valence-corrected chi connectivity index (χ3v) is 2.53. The van der Waals surface area contributed by atoms with Crippen LogP contribution in [-0.2, 0) is 7.05 Å². The van der Waals surface area contributed by atoms with Crippen LogP contribution in [0.2, 0.25) is 0 Å². The molecular formula is C10H9BrN2. The molecule has 1 aromatic heterocycles. The smallest absolute Gasteiger partial charge is 0.0923 e. The lowest BCUT2D eigenvalue weighted by Crippen LogP contribution is -1.88. The molecule has 3 heteroatoms. The fraction of sp³-hybridized carbons (Fsp3) is 0.100. The van der Waals surface area contributed by atoms with E-state index in [4.69, 9.17) is 0 Å². The minimum atomic E-state index is 0.935. The highest BCUT2D eigenvalue weighted by atomic mass is 79.9. The monoisotopic (exact) mass is 236 g/mol. The summed E-state index contributed by atoms with van der Waals surface area (Å²) in [6, 6.07) is 6.11. The first-order valence-corrected chi connectivity index (χ1v) is 4.76. The highest BCUT2D eigenvalue weighted by Crippen LogP contribution is 2.22. The summed E-state index contributed by atoms with van der Waals surface area (Å²) < 4.78 is 2.93. The van der Waals surface area contributed by atoms with Gasteiger partial charge < -0.3 is 0 Å². The first kappa shape index (κ1) is 8.51. The van der Waals surface area contributed by atoms with Crippen molar-refractivity contribution in [3.05, 3.63) is 34.9 Å². The van der Waals surface area contributed by atoms with Crippen molar-refractivity contribution in [3.63, 3.8) is 0 Å². The number of hydrogen-bond donors (Lipinski definition) is 0. The van der Waals surface area contributed by atoms with Gasteiger partial charge in [0.1, 0.15) is 0 Å². The highest BCUT2D eigenvalue weighted by molar-refractivity contribution is 9.10. The maximum absolute atomic E-state index is 4.33. The van der Waals surface area contributed by atoms with Crippen LogP contribution in [0, 0.1) is 0 Å². The summed E-state index contributed by atoms with van der Waals surface area (Å²) in [4.78, 5) is 0. The van der Waals surface area contributed by atoms with Crippen molar-refractivity contribution in [1.29, 1.82) is 0 Å². The molecule has 0 N–H and O–H groups in total. The molecule has 0 unspecified atom stereocenters. The Labute approximate surface area is 85.0 Å². The van der Waals surface area contributed by atoms with Crippen molar-refractivity contribution in [2.24, 2.45) is 7.05 Å². The van der Waals surface area contributed by atoms with Crippen molar-refractivity contribution in [2.75, 3.05) is 0 Å². The standard InChI is InChI=1S/C10H9BrN2/c1-3-9-8-5-4-7(11)6-10(8)13(2)12-9/h3-6H,1H2,2H3. The molecule has 1 aromatic carbocycles. The van der Waals surface area contributed by atoms with E-state index in [0.717, 1.165) is 21.1 Å². The molecule has 0 atom stereocenters. The highest BCUT2D eigenvalue weighted by Gasteiger charge is 2.04. The molecule has 2 rings (SSSR count). The number of nitrogens with zero attached hydrogens (tertiary/aromatic N) is 2. The van der Waals surface area contributed by atoms with Crippen LogP contribution >= 0.6 is 15.9 Å². The van der Waals surface area contributed by atoms with Crippen molar-refractivity contribution >= 4 is 32.9 Å².